The molecule has 1 aromatic rings. The van der Waals surface area contributed by atoms with E-state index in [1.54, 1.807) is 0 Å². The molecule has 0 radical (unpaired) electrons. The molecule has 1 unspecified atom stereocenters. The van der Waals surface area contributed by atoms with Gasteiger partial charge in [0.05, 0.1) is 0 Å². The Morgan fingerprint density at radius 2 is 1.87 bits per heavy atom. The third kappa shape index (κ3) is 2.82. The second-order valence-electron chi connectivity index (χ2n) is 4.57. The first-order valence-electron chi connectivity index (χ1n) is 6.17. The van der Waals surface area contributed by atoms with E-state index < -0.39 is 0 Å². The fourth-order valence-corrected chi connectivity index (χ4v) is 2.45. The van der Waals surface area contributed by atoms with Gasteiger partial charge in [-0.2, -0.15) is 0 Å². The molecular weight excluding hydrogens is 182 g/mol. The summed E-state index contributed by atoms with van der Waals surface area (Å²) in [6.07, 6.45) is 6.80. The lowest BCUT2D eigenvalue weighted by Gasteiger charge is -2.23. The Balaban J connectivity index is 2.10. The van der Waals surface area contributed by atoms with Gasteiger partial charge in [0.2, 0.25) is 0 Å². The molecular formula is C14H21N. The Morgan fingerprint density at radius 3 is 2.73 bits per heavy atom. The largest absolute Gasteiger partial charge is 0.310 e. The minimum Gasteiger partial charge on any atom is -0.310 e. The fraction of sp³-hybridized carbons (Fsp3) is 0.571. The summed E-state index contributed by atoms with van der Waals surface area (Å²) in [4.78, 5) is 0. The number of hydrogen-bond acceptors (Lipinski definition) is 1. The molecule has 1 aliphatic heterocycles. The lowest BCUT2D eigenvalue weighted by Crippen LogP contribution is -2.24. The monoisotopic (exact) mass is 203 g/mol. The molecule has 0 amide bonds. The summed E-state index contributed by atoms with van der Waals surface area (Å²) in [7, 11) is 0. The zero-order valence-electron chi connectivity index (χ0n) is 9.63. The van der Waals surface area contributed by atoms with Crippen molar-refractivity contribution in [3.63, 3.8) is 0 Å². The van der Waals surface area contributed by atoms with Crippen LogP contribution in [0.3, 0.4) is 0 Å². The molecule has 2 rings (SSSR count). The van der Waals surface area contributed by atoms with E-state index in [0.29, 0.717) is 6.04 Å². The molecule has 0 bridgehead atoms. The molecule has 1 heterocycles. The predicted octanol–water partition coefficient (Wildman–Crippen LogP) is 3.59. The molecule has 1 N–H and O–H groups in total. The molecule has 0 aliphatic carbocycles. The number of benzene rings is 1. The molecule has 1 saturated heterocycles. The van der Waals surface area contributed by atoms with Crippen molar-refractivity contribution in [2.75, 3.05) is 6.54 Å². The van der Waals surface area contributed by atoms with Gasteiger partial charge in [0, 0.05) is 6.04 Å². The highest BCUT2D eigenvalue weighted by molar-refractivity contribution is 5.28. The maximum absolute atomic E-state index is 3.68. The third-order valence-corrected chi connectivity index (χ3v) is 3.37. The van der Waals surface area contributed by atoms with Gasteiger partial charge in [0.1, 0.15) is 0 Å². The standard InChI is InChI=1S/C14H21N/c1-12-8-5-6-9-13(12)14-10-4-2-3-7-11-15-14/h5-6,8-9,14-15H,2-4,7,10-11H2,1H3. The van der Waals surface area contributed by atoms with E-state index in [2.05, 4.69) is 36.5 Å². The van der Waals surface area contributed by atoms with E-state index in [1.807, 2.05) is 0 Å². The molecule has 0 saturated carbocycles. The lowest BCUT2D eigenvalue weighted by atomic mass is 9.95. The Hall–Kier alpha value is -0.820. The predicted molar refractivity (Wildman–Crippen MR) is 65.0 cm³/mol. The van der Waals surface area contributed by atoms with Crippen LogP contribution in [-0.2, 0) is 0 Å². The van der Waals surface area contributed by atoms with Gasteiger partial charge in [-0.05, 0) is 37.4 Å². The van der Waals surface area contributed by atoms with Crippen LogP contribution in [0.5, 0.6) is 0 Å². The third-order valence-electron chi connectivity index (χ3n) is 3.37. The molecule has 1 nitrogen and oxygen atoms in total. The average Bonchev–Trinajstić information content (AvgIpc) is 2.19. The van der Waals surface area contributed by atoms with E-state index in [4.69, 9.17) is 0 Å². The highest BCUT2D eigenvalue weighted by Gasteiger charge is 2.13. The van der Waals surface area contributed by atoms with Crippen LogP contribution in [0.25, 0.3) is 0 Å². The van der Waals surface area contributed by atoms with E-state index >= 15 is 0 Å². The first-order valence-corrected chi connectivity index (χ1v) is 6.17. The second kappa shape index (κ2) is 5.32. The van der Waals surface area contributed by atoms with Gasteiger partial charge in [0.25, 0.3) is 0 Å². The molecule has 0 aromatic heterocycles. The lowest BCUT2D eigenvalue weighted by molar-refractivity contribution is 0.426. The van der Waals surface area contributed by atoms with Gasteiger partial charge < -0.3 is 5.32 Å². The molecule has 1 atom stereocenters. The molecule has 1 aromatic carbocycles. The summed E-state index contributed by atoms with van der Waals surface area (Å²) in [5, 5.41) is 3.68. The Labute approximate surface area is 92.9 Å². The van der Waals surface area contributed by atoms with Gasteiger partial charge >= 0.3 is 0 Å². The van der Waals surface area contributed by atoms with Crippen LogP contribution in [0.15, 0.2) is 24.3 Å². The molecule has 1 fully saturated rings. The molecule has 1 aliphatic rings. The highest BCUT2D eigenvalue weighted by Crippen LogP contribution is 2.24. The molecule has 0 spiro atoms. The normalized spacial score (nSPS) is 23.1. The second-order valence-corrected chi connectivity index (χ2v) is 4.57. The van der Waals surface area contributed by atoms with Gasteiger partial charge in [-0.1, -0.05) is 43.5 Å². The van der Waals surface area contributed by atoms with E-state index in [-0.39, 0.29) is 0 Å². The zero-order chi connectivity index (χ0) is 10.5. The van der Waals surface area contributed by atoms with E-state index in [0.717, 1.165) is 0 Å². The van der Waals surface area contributed by atoms with Crippen molar-refractivity contribution in [3.05, 3.63) is 35.4 Å². The van der Waals surface area contributed by atoms with Crippen molar-refractivity contribution in [1.82, 2.24) is 5.32 Å². The number of nitrogens with one attached hydrogen (secondary N) is 1. The fourth-order valence-electron chi connectivity index (χ4n) is 2.45. The summed E-state index contributed by atoms with van der Waals surface area (Å²) in [6, 6.07) is 9.36. The summed E-state index contributed by atoms with van der Waals surface area (Å²) >= 11 is 0. The Kier molecular flexibility index (Phi) is 3.79. The van der Waals surface area contributed by atoms with E-state index in [9.17, 15) is 0 Å². The molecule has 15 heavy (non-hydrogen) atoms. The SMILES string of the molecule is Cc1ccccc1C1CCCCCCN1. The first-order chi connectivity index (χ1) is 7.38. The average molecular weight is 203 g/mol. The molecule has 82 valence electrons. The van der Waals surface area contributed by atoms with Crippen LogP contribution >= 0.6 is 0 Å². The maximum Gasteiger partial charge on any atom is 0.0322 e. The highest BCUT2D eigenvalue weighted by atomic mass is 14.9. The van der Waals surface area contributed by atoms with Crippen molar-refractivity contribution >= 4 is 0 Å². The van der Waals surface area contributed by atoms with Crippen LogP contribution in [0, 0.1) is 6.92 Å². The van der Waals surface area contributed by atoms with Crippen LogP contribution in [0.2, 0.25) is 0 Å². The molecule has 1 heteroatoms. The number of hydrogen-bond donors (Lipinski definition) is 1. The number of aryl methyl sites for hydroxylation is 1. The summed E-state index contributed by atoms with van der Waals surface area (Å²) in [5.74, 6) is 0. The van der Waals surface area contributed by atoms with Crippen molar-refractivity contribution in [2.45, 2.75) is 45.1 Å². The van der Waals surface area contributed by atoms with Crippen LogP contribution in [0.1, 0.15) is 49.3 Å². The van der Waals surface area contributed by atoms with E-state index in [1.165, 1.54) is 49.8 Å². The van der Waals surface area contributed by atoms with Crippen molar-refractivity contribution in [1.29, 1.82) is 0 Å². The Bertz CT molecular complexity index is 298. The van der Waals surface area contributed by atoms with Gasteiger partial charge in [-0.15, -0.1) is 0 Å². The van der Waals surface area contributed by atoms with Gasteiger partial charge in [0.15, 0.2) is 0 Å². The van der Waals surface area contributed by atoms with Crippen LogP contribution < -0.4 is 5.32 Å². The minimum absolute atomic E-state index is 0.589. The maximum atomic E-state index is 3.68. The van der Waals surface area contributed by atoms with Gasteiger partial charge in [-0.3, -0.25) is 0 Å². The summed E-state index contributed by atoms with van der Waals surface area (Å²) < 4.78 is 0. The number of rotatable bonds is 1. The quantitative estimate of drug-likeness (QED) is 0.735. The van der Waals surface area contributed by atoms with Crippen molar-refractivity contribution < 1.29 is 0 Å². The Morgan fingerprint density at radius 1 is 1.07 bits per heavy atom. The van der Waals surface area contributed by atoms with Crippen molar-refractivity contribution in [3.8, 4) is 0 Å². The first kappa shape index (κ1) is 10.7. The van der Waals surface area contributed by atoms with Gasteiger partial charge in [-0.25, -0.2) is 0 Å². The van der Waals surface area contributed by atoms with Crippen molar-refractivity contribution in [2.24, 2.45) is 0 Å². The topological polar surface area (TPSA) is 12.0 Å². The van der Waals surface area contributed by atoms with Crippen LogP contribution in [0.4, 0.5) is 0 Å². The smallest absolute Gasteiger partial charge is 0.0322 e. The van der Waals surface area contributed by atoms with Crippen LogP contribution in [-0.4, -0.2) is 6.54 Å². The minimum atomic E-state index is 0.589. The summed E-state index contributed by atoms with van der Waals surface area (Å²) in [5.41, 5.74) is 2.93. The zero-order valence-corrected chi connectivity index (χ0v) is 9.63. The summed E-state index contributed by atoms with van der Waals surface area (Å²) in [6.45, 7) is 3.40.